The largest absolute Gasteiger partial charge is 0.481 e. The standard InChI is InChI=1S/C26H30N2O5S/c1-2-3-15-34-16-14-27-25(31)23(12-13-24(29)30)28-26(32)33-17-22-20-10-6-4-8-18(20)19-9-5-7-11-21(19)22/h2,4-11,22-23H,1,3,12-17H2,(H,27,31)(H,28,32)(H,29,30). The van der Waals surface area contributed by atoms with Gasteiger partial charge in [-0.3, -0.25) is 9.59 Å². The second kappa shape index (κ2) is 12.8. The van der Waals surface area contributed by atoms with Crippen LogP contribution in [0.3, 0.4) is 0 Å². The van der Waals surface area contributed by atoms with Crippen LogP contribution in [-0.4, -0.2) is 53.8 Å². The van der Waals surface area contributed by atoms with E-state index < -0.39 is 24.0 Å². The molecule has 8 heteroatoms. The van der Waals surface area contributed by atoms with Crippen LogP contribution in [0.15, 0.2) is 61.2 Å². The molecule has 0 aliphatic heterocycles. The number of carbonyl (C=O) groups excluding carboxylic acids is 2. The predicted molar refractivity (Wildman–Crippen MR) is 134 cm³/mol. The van der Waals surface area contributed by atoms with Crippen LogP contribution in [0, 0.1) is 0 Å². The lowest BCUT2D eigenvalue weighted by Crippen LogP contribution is -2.47. The molecule has 1 aliphatic carbocycles. The number of ether oxygens (including phenoxy) is 1. The first-order valence-corrected chi connectivity index (χ1v) is 12.5. The van der Waals surface area contributed by atoms with Crippen LogP contribution >= 0.6 is 11.8 Å². The second-order valence-electron chi connectivity index (χ2n) is 7.94. The molecule has 0 heterocycles. The first-order chi connectivity index (χ1) is 16.5. The third-order valence-electron chi connectivity index (χ3n) is 5.61. The van der Waals surface area contributed by atoms with E-state index in [0.717, 1.165) is 40.2 Å². The first-order valence-electron chi connectivity index (χ1n) is 11.3. The van der Waals surface area contributed by atoms with E-state index in [9.17, 15) is 14.4 Å². The molecule has 0 fully saturated rings. The Bertz CT molecular complexity index is 980. The van der Waals surface area contributed by atoms with Gasteiger partial charge in [0.25, 0.3) is 0 Å². The molecule has 0 bridgehead atoms. The molecule has 2 amide bonds. The third kappa shape index (κ3) is 6.87. The van der Waals surface area contributed by atoms with Crippen LogP contribution in [0.1, 0.15) is 36.3 Å². The van der Waals surface area contributed by atoms with E-state index in [1.807, 2.05) is 42.5 Å². The molecule has 3 rings (SSSR count). The Kier molecular flexibility index (Phi) is 9.58. The van der Waals surface area contributed by atoms with Crippen LogP contribution < -0.4 is 10.6 Å². The zero-order valence-electron chi connectivity index (χ0n) is 19.0. The number of alkyl carbamates (subject to hydrolysis) is 1. The van der Waals surface area contributed by atoms with Gasteiger partial charge in [-0.25, -0.2) is 4.79 Å². The van der Waals surface area contributed by atoms with Gasteiger partial charge >= 0.3 is 12.1 Å². The molecule has 2 aromatic rings. The minimum atomic E-state index is -1.04. The van der Waals surface area contributed by atoms with Crippen molar-refractivity contribution < 1.29 is 24.2 Å². The monoisotopic (exact) mass is 482 g/mol. The maximum atomic E-state index is 12.6. The summed E-state index contributed by atoms with van der Waals surface area (Å²) in [6.45, 7) is 4.22. The Balaban J connectivity index is 1.56. The number of carboxylic acids is 1. The fraction of sp³-hybridized carbons (Fsp3) is 0.346. The molecule has 1 atom stereocenters. The number of hydrogen-bond donors (Lipinski definition) is 3. The molecule has 1 unspecified atom stereocenters. The fourth-order valence-corrected chi connectivity index (χ4v) is 4.74. The Morgan fingerprint density at radius 3 is 2.32 bits per heavy atom. The first kappa shape index (κ1) is 25.4. The SMILES string of the molecule is C=CCCSCCNC(=O)C(CCC(=O)O)NC(=O)OCC1c2ccccc2-c2ccccc21. The summed E-state index contributed by atoms with van der Waals surface area (Å²) in [7, 11) is 0. The van der Waals surface area contributed by atoms with E-state index in [1.165, 1.54) is 0 Å². The molecule has 180 valence electrons. The highest BCUT2D eigenvalue weighted by Gasteiger charge is 2.29. The number of carboxylic acid groups (broad SMARTS) is 1. The number of benzene rings is 2. The number of fused-ring (bicyclic) bond motifs is 3. The summed E-state index contributed by atoms with van der Waals surface area (Å²) in [6.07, 6.45) is 1.73. The molecule has 7 nitrogen and oxygen atoms in total. The summed E-state index contributed by atoms with van der Waals surface area (Å²) in [5, 5.41) is 14.3. The molecule has 34 heavy (non-hydrogen) atoms. The highest BCUT2D eigenvalue weighted by molar-refractivity contribution is 7.99. The van der Waals surface area contributed by atoms with Crippen molar-refractivity contribution in [2.75, 3.05) is 24.7 Å². The highest BCUT2D eigenvalue weighted by atomic mass is 32.2. The van der Waals surface area contributed by atoms with Gasteiger partial charge in [-0.1, -0.05) is 54.6 Å². The van der Waals surface area contributed by atoms with E-state index in [-0.39, 0.29) is 25.4 Å². The molecule has 0 saturated carbocycles. The van der Waals surface area contributed by atoms with Gasteiger partial charge in [0, 0.05) is 24.6 Å². The van der Waals surface area contributed by atoms with Gasteiger partial charge in [0.2, 0.25) is 5.91 Å². The minimum absolute atomic E-state index is 0.0189. The van der Waals surface area contributed by atoms with Gasteiger partial charge < -0.3 is 20.5 Å². The maximum Gasteiger partial charge on any atom is 0.407 e. The van der Waals surface area contributed by atoms with E-state index >= 15 is 0 Å². The molecular weight excluding hydrogens is 452 g/mol. The Morgan fingerprint density at radius 2 is 1.71 bits per heavy atom. The minimum Gasteiger partial charge on any atom is -0.481 e. The summed E-state index contributed by atoms with van der Waals surface area (Å²) in [6, 6.07) is 15.1. The topological polar surface area (TPSA) is 105 Å². The fourth-order valence-electron chi connectivity index (χ4n) is 3.96. The van der Waals surface area contributed by atoms with Crippen molar-refractivity contribution in [3.63, 3.8) is 0 Å². The van der Waals surface area contributed by atoms with Crippen molar-refractivity contribution in [2.24, 2.45) is 0 Å². The van der Waals surface area contributed by atoms with Crippen LogP contribution in [0.25, 0.3) is 11.1 Å². The van der Waals surface area contributed by atoms with E-state index in [4.69, 9.17) is 9.84 Å². The van der Waals surface area contributed by atoms with Gasteiger partial charge in [0.15, 0.2) is 0 Å². The Labute approximate surface area is 204 Å². The number of carbonyl (C=O) groups is 3. The lowest BCUT2D eigenvalue weighted by molar-refractivity contribution is -0.137. The van der Waals surface area contributed by atoms with Crippen molar-refractivity contribution >= 4 is 29.7 Å². The molecule has 3 N–H and O–H groups in total. The number of hydrogen-bond acceptors (Lipinski definition) is 5. The summed E-state index contributed by atoms with van der Waals surface area (Å²) in [5.74, 6) is 0.0823. The Hall–Kier alpha value is -3.26. The number of amides is 2. The highest BCUT2D eigenvalue weighted by Crippen LogP contribution is 2.44. The number of allylic oxidation sites excluding steroid dienone is 1. The quantitative estimate of drug-likeness (QED) is 0.292. The van der Waals surface area contributed by atoms with E-state index in [0.29, 0.717) is 6.54 Å². The summed E-state index contributed by atoms with van der Waals surface area (Å²) in [5.41, 5.74) is 4.42. The summed E-state index contributed by atoms with van der Waals surface area (Å²) < 4.78 is 5.51. The lowest BCUT2D eigenvalue weighted by Gasteiger charge is -2.19. The number of nitrogens with one attached hydrogen (secondary N) is 2. The van der Waals surface area contributed by atoms with Gasteiger partial charge in [0.1, 0.15) is 12.6 Å². The number of rotatable bonds is 13. The average molecular weight is 483 g/mol. The number of thioether (sulfide) groups is 1. The summed E-state index contributed by atoms with van der Waals surface area (Å²) in [4.78, 5) is 36.1. The maximum absolute atomic E-state index is 12.6. The van der Waals surface area contributed by atoms with Crippen molar-refractivity contribution in [2.45, 2.75) is 31.2 Å². The Morgan fingerprint density at radius 1 is 1.06 bits per heavy atom. The van der Waals surface area contributed by atoms with Gasteiger partial charge in [-0.05, 0) is 40.8 Å². The molecule has 0 radical (unpaired) electrons. The van der Waals surface area contributed by atoms with Gasteiger partial charge in [-0.15, -0.1) is 6.58 Å². The van der Waals surface area contributed by atoms with Crippen molar-refractivity contribution in [1.29, 1.82) is 0 Å². The molecule has 0 aromatic heterocycles. The van der Waals surface area contributed by atoms with Crippen LogP contribution in [0.5, 0.6) is 0 Å². The zero-order valence-corrected chi connectivity index (χ0v) is 19.8. The van der Waals surface area contributed by atoms with Crippen LogP contribution in [0.4, 0.5) is 4.79 Å². The third-order valence-corrected chi connectivity index (χ3v) is 6.63. The second-order valence-corrected chi connectivity index (χ2v) is 9.16. The van der Waals surface area contributed by atoms with Gasteiger partial charge in [-0.2, -0.15) is 11.8 Å². The zero-order chi connectivity index (χ0) is 24.3. The van der Waals surface area contributed by atoms with E-state index in [2.05, 4.69) is 29.3 Å². The number of aliphatic carboxylic acids is 1. The van der Waals surface area contributed by atoms with Gasteiger partial charge in [0.05, 0.1) is 0 Å². The molecule has 1 aliphatic rings. The van der Waals surface area contributed by atoms with Crippen molar-refractivity contribution in [3.8, 4) is 11.1 Å². The van der Waals surface area contributed by atoms with Crippen LogP contribution in [-0.2, 0) is 14.3 Å². The molecular formula is C26H30N2O5S. The normalized spacial score (nSPS) is 12.8. The van der Waals surface area contributed by atoms with Crippen molar-refractivity contribution in [3.05, 3.63) is 72.3 Å². The molecule has 0 saturated heterocycles. The predicted octanol–water partition coefficient (Wildman–Crippen LogP) is 4.18. The van der Waals surface area contributed by atoms with E-state index in [1.54, 1.807) is 11.8 Å². The lowest BCUT2D eigenvalue weighted by atomic mass is 9.98. The average Bonchev–Trinajstić information content (AvgIpc) is 3.16. The smallest absolute Gasteiger partial charge is 0.407 e. The molecule has 2 aromatic carbocycles. The summed E-state index contributed by atoms with van der Waals surface area (Å²) >= 11 is 1.68. The van der Waals surface area contributed by atoms with Crippen molar-refractivity contribution in [1.82, 2.24) is 10.6 Å². The molecule has 0 spiro atoms. The van der Waals surface area contributed by atoms with Crippen LogP contribution in [0.2, 0.25) is 0 Å².